The van der Waals surface area contributed by atoms with Crippen molar-refractivity contribution in [1.82, 2.24) is 24.5 Å². The van der Waals surface area contributed by atoms with Gasteiger partial charge in [-0.1, -0.05) is 24.3 Å². The van der Waals surface area contributed by atoms with E-state index in [1.54, 1.807) is 0 Å². The highest BCUT2D eigenvalue weighted by molar-refractivity contribution is 5.79. The Kier molecular flexibility index (Phi) is 5.25. The maximum atomic E-state index is 13.0. The monoisotopic (exact) mass is 381 g/mol. The first-order valence-corrected chi connectivity index (χ1v) is 10.1. The lowest BCUT2D eigenvalue weighted by atomic mass is 9.87. The van der Waals surface area contributed by atoms with Gasteiger partial charge in [0.05, 0.1) is 18.3 Å². The number of aryl methyl sites for hydroxylation is 2. The molecule has 0 bridgehead atoms. The number of hydrogen-bond acceptors (Lipinski definition) is 4. The molecule has 0 radical (unpaired) electrons. The summed E-state index contributed by atoms with van der Waals surface area (Å²) in [7, 11) is 5.89. The number of carbonyl (C=O) groups excluding carboxylic acids is 1. The van der Waals surface area contributed by atoms with Crippen LogP contribution in [0.3, 0.4) is 0 Å². The molecule has 150 valence electrons. The molecule has 2 aromatic rings. The van der Waals surface area contributed by atoms with Crippen LogP contribution in [0.15, 0.2) is 36.5 Å². The Morgan fingerprint density at radius 3 is 2.64 bits per heavy atom. The summed E-state index contributed by atoms with van der Waals surface area (Å²) >= 11 is 0. The van der Waals surface area contributed by atoms with Crippen molar-refractivity contribution in [3.05, 3.63) is 53.3 Å². The number of hydrogen-bond donors (Lipinski definition) is 0. The van der Waals surface area contributed by atoms with Gasteiger partial charge >= 0.3 is 0 Å². The molecule has 6 heteroatoms. The van der Waals surface area contributed by atoms with Gasteiger partial charge in [-0.2, -0.15) is 5.10 Å². The normalized spacial score (nSPS) is 24.9. The van der Waals surface area contributed by atoms with Crippen LogP contribution < -0.4 is 0 Å². The fraction of sp³-hybridized carbons (Fsp3) is 0.545. The van der Waals surface area contributed by atoms with Crippen LogP contribution in [0, 0.1) is 18.8 Å². The lowest BCUT2D eigenvalue weighted by Crippen LogP contribution is -2.40. The van der Waals surface area contributed by atoms with E-state index >= 15 is 0 Å². The molecule has 2 aliphatic heterocycles. The molecule has 6 nitrogen and oxygen atoms in total. The van der Waals surface area contributed by atoms with E-state index in [1.807, 2.05) is 36.9 Å². The Morgan fingerprint density at radius 2 is 1.96 bits per heavy atom. The molecule has 1 aromatic carbocycles. The first-order chi connectivity index (χ1) is 13.4. The van der Waals surface area contributed by atoms with Crippen molar-refractivity contribution < 1.29 is 4.79 Å². The number of amides is 1. The molecule has 1 aromatic heterocycles. The molecule has 2 aliphatic rings. The molecule has 0 aliphatic carbocycles. The summed E-state index contributed by atoms with van der Waals surface area (Å²) in [5.41, 5.74) is 3.70. The van der Waals surface area contributed by atoms with Crippen molar-refractivity contribution in [2.75, 3.05) is 40.3 Å². The van der Waals surface area contributed by atoms with Gasteiger partial charge < -0.3 is 9.80 Å². The minimum Gasteiger partial charge on any atom is -0.334 e. The van der Waals surface area contributed by atoms with Gasteiger partial charge in [0.1, 0.15) is 0 Å². The maximum Gasteiger partial charge on any atom is 0.237 e. The van der Waals surface area contributed by atoms with Crippen molar-refractivity contribution in [3.8, 4) is 0 Å². The summed E-state index contributed by atoms with van der Waals surface area (Å²) in [5.74, 6) is 1.25. The predicted molar refractivity (Wildman–Crippen MR) is 110 cm³/mol. The van der Waals surface area contributed by atoms with Crippen molar-refractivity contribution in [1.29, 1.82) is 0 Å². The molecule has 2 fully saturated rings. The quantitative estimate of drug-likeness (QED) is 0.794. The Bertz CT molecular complexity index is 845. The van der Waals surface area contributed by atoms with Crippen LogP contribution in [0.4, 0.5) is 0 Å². The number of rotatable bonds is 5. The van der Waals surface area contributed by atoms with Gasteiger partial charge in [-0.25, -0.2) is 0 Å². The minimum absolute atomic E-state index is 0.174. The Labute approximate surface area is 167 Å². The molecule has 28 heavy (non-hydrogen) atoms. The first-order valence-electron chi connectivity index (χ1n) is 10.1. The summed E-state index contributed by atoms with van der Waals surface area (Å²) in [6.07, 6.45) is 2.00. The number of nitrogens with zero attached hydrogens (tertiary/aromatic N) is 5. The molecule has 0 N–H and O–H groups in total. The van der Waals surface area contributed by atoms with Crippen molar-refractivity contribution in [2.24, 2.45) is 18.9 Å². The fourth-order valence-corrected chi connectivity index (χ4v) is 4.98. The van der Waals surface area contributed by atoms with Crippen molar-refractivity contribution >= 4 is 5.91 Å². The van der Waals surface area contributed by atoms with Crippen LogP contribution in [-0.4, -0.2) is 70.7 Å². The largest absolute Gasteiger partial charge is 0.334 e. The van der Waals surface area contributed by atoms with E-state index in [-0.39, 0.29) is 11.9 Å². The third-order valence-corrected chi connectivity index (χ3v) is 6.17. The maximum absolute atomic E-state index is 13.0. The third kappa shape index (κ3) is 3.71. The van der Waals surface area contributed by atoms with Crippen molar-refractivity contribution in [3.63, 3.8) is 0 Å². The number of likely N-dealkylation sites (N-methyl/N-ethyl adjacent to an activating group) is 1. The van der Waals surface area contributed by atoms with Gasteiger partial charge in [0.25, 0.3) is 0 Å². The summed E-state index contributed by atoms with van der Waals surface area (Å²) in [6, 6.07) is 10.8. The number of aromatic nitrogens is 2. The second-order valence-electron chi connectivity index (χ2n) is 8.68. The highest BCUT2D eigenvalue weighted by Crippen LogP contribution is 2.46. The summed E-state index contributed by atoms with van der Waals surface area (Å²) in [4.78, 5) is 19.6. The zero-order valence-electron chi connectivity index (χ0n) is 17.4. The van der Waals surface area contributed by atoms with Crippen LogP contribution in [0.1, 0.15) is 22.9 Å². The molecule has 2 saturated heterocycles. The zero-order chi connectivity index (χ0) is 19.8. The average Bonchev–Trinajstić information content (AvgIpc) is 3.29. The second kappa shape index (κ2) is 7.68. The van der Waals surface area contributed by atoms with Crippen LogP contribution in [-0.2, 0) is 18.4 Å². The van der Waals surface area contributed by atoms with E-state index in [0.29, 0.717) is 18.4 Å². The lowest BCUT2D eigenvalue weighted by molar-refractivity contribution is -0.133. The molecule has 3 atom stereocenters. The Balaban J connectivity index is 1.57. The fourth-order valence-electron chi connectivity index (χ4n) is 4.98. The van der Waals surface area contributed by atoms with Crippen LogP contribution in [0.25, 0.3) is 0 Å². The number of benzene rings is 1. The SMILES string of the molecule is Cc1ccccc1[C@H]1[C@@H]2CN(Cc3ccn(C)n3)C[C@@H]2CN1C(=O)CN(C)C. The van der Waals surface area contributed by atoms with Gasteiger partial charge in [-0.3, -0.25) is 14.4 Å². The van der Waals surface area contributed by atoms with E-state index < -0.39 is 0 Å². The van der Waals surface area contributed by atoms with Gasteiger partial charge in [-0.15, -0.1) is 0 Å². The number of carbonyl (C=O) groups is 1. The van der Waals surface area contributed by atoms with E-state index in [1.165, 1.54) is 11.1 Å². The van der Waals surface area contributed by atoms with Crippen LogP contribution in [0.2, 0.25) is 0 Å². The molecule has 4 rings (SSSR count). The van der Waals surface area contributed by atoms with Gasteiger partial charge in [0.15, 0.2) is 0 Å². The van der Waals surface area contributed by atoms with E-state index in [9.17, 15) is 4.79 Å². The second-order valence-corrected chi connectivity index (χ2v) is 8.68. The van der Waals surface area contributed by atoms with Gasteiger partial charge in [0.2, 0.25) is 5.91 Å². The Morgan fingerprint density at radius 1 is 1.18 bits per heavy atom. The predicted octanol–water partition coefficient (Wildman–Crippen LogP) is 1.92. The highest BCUT2D eigenvalue weighted by atomic mass is 16.2. The average molecular weight is 382 g/mol. The van der Waals surface area contributed by atoms with Crippen LogP contribution in [0.5, 0.6) is 0 Å². The number of fused-ring (bicyclic) bond motifs is 1. The van der Waals surface area contributed by atoms with Crippen molar-refractivity contribution in [2.45, 2.75) is 19.5 Å². The van der Waals surface area contributed by atoms with E-state index in [0.717, 1.165) is 31.9 Å². The zero-order valence-corrected chi connectivity index (χ0v) is 17.4. The van der Waals surface area contributed by atoms with Gasteiger partial charge in [0, 0.05) is 45.3 Å². The standard InChI is InChI=1S/C22H31N5O/c1-16-7-5-6-8-19(16)22-20-14-26(13-18-9-10-25(4)23-18)11-17(20)12-27(22)21(28)15-24(2)3/h5-10,17,20,22H,11-15H2,1-4H3/t17-,20-,22+/m1/s1. The molecule has 0 spiro atoms. The lowest BCUT2D eigenvalue weighted by Gasteiger charge is -2.31. The molecule has 3 heterocycles. The van der Waals surface area contributed by atoms with Crippen LogP contribution >= 0.6 is 0 Å². The molecule has 1 amide bonds. The molecular weight excluding hydrogens is 350 g/mol. The topological polar surface area (TPSA) is 44.6 Å². The summed E-state index contributed by atoms with van der Waals surface area (Å²) in [6.45, 7) is 6.44. The van der Waals surface area contributed by atoms with E-state index in [4.69, 9.17) is 0 Å². The Hall–Kier alpha value is -2.18. The van der Waals surface area contributed by atoms with E-state index in [2.05, 4.69) is 52.2 Å². The third-order valence-electron chi connectivity index (χ3n) is 6.17. The first kappa shape index (κ1) is 19.2. The summed E-state index contributed by atoms with van der Waals surface area (Å²) in [5, 5.41) is 4.54. The summed E-state index contributed by atoms with van der Waals surface area (Å²) < 4.78 is 1.87. The number of likely N-dealkylation sites (tertiary alicyclic amines) is 2. The highest BCUT2D eigenvalue weighted by Gasteiger charge is 2.49. The molecular formula is C22H31N5O. The molecule has 0 unspecified atom stereocenters. The molecule has 0 saturated carbocycles. The van der Waals surface area contributed by atoms with Gasteiger partial charge in [-0.05, 0) is 44.1 Å². The smallest absolute Gasteiger partial charge is 0.237 e. The minimum atomic E-state index is 0.174.